The van der Waals surface area contributed by atoms with Crippen LogP contribution < -0.4 is 0 Å². The zero-order valence-corrected chi connectivity index (χ0v) is 11.5. The van der Waals surface area contributed by atoms with Crippen molar-refractivity contribution < 1.29 is 18.0 Å². The van der Waals surface area contributed by atoms with Crippen molar-refractivity contribution in [3.05, 3.63) is 29.8 Å². The zero-order valence-electron chi connectivity index (χ0n) is 10.7. The minimum atomic E-state index is -3.42. The lowest BCUT2D eigenvalue weighted by atomic mass is 10.2. The highest BCUT2D eigenvalue weighted by Crippen LogP contribution is 2.13. The summed E-state index contributed by atoms with van der Waals surface area (Å²) < 4.78 is 23.9. The first-order chi connectivity index (χ1) is 8.36. The Labute approximate surface area is 107 Å². The Balaban J connectivity index is 2.71. The molecule has 0 aromatic heterocycles. The molecule has 1 amide bonds. The maximum atomic E-state index is 11.9. The van der Waals surface area contributed by atoms with Gasteiger partial charge in [-0.15, -0.1) is 0 Å². The summed E-state index contributed by atoms with van der Waals surface area (Å²) in [5, 5.41) is 1.02. The molecule has 0 aliphatic rings. The summed E-state index contributed by atoms with van der Waals surface area (Å²) in [4.78, 5) is 16.4. The highest BCUT2D eigenvalue weighted by Gasteiger charge is 2.18. The fraction of sp³-hybridized carbons (Fsp3) is 0.417. The molecule has 0 atom stereocenters. The summed E-state index contributed by atoms with van der Waals surface area (Å²) in [6.07, 6.45) is -0.0967. The van der Waals surface area contributed by atoms with Gasteiger partial charge in [0.15, 0.2) is 9.84 Å². The van der Waals surface area contributed by atoms with Crippen molar-refractivity contribution in [3.63, 3.8) is 0 Å². The number of nitrogens with zero attached hydrogens (tertiary/aromatic N) is 1. The molecule has 0 radical (unpaired) electrons. The molecule has 0 heterocycles. The van der Waals surface area contributed by atoms with Crippen molar-refractivity contribution in [2.75, 3.05) is 19.9 Å². The van der Waals surface area contributed by atoms with Gasteiger partial charge in [0, 0.05) is 13.5 Å². The second-order valence-electron chi connectivity index (χ2n) is 3.96. The molecule has 0 aliphatic heterocycles. The Hall–Kier alpha value is -1.40. The highest BCUT2D eigenvalue weighted by atomic mass is 32.2. The largest absolute Gasteiger partial charge is 0.275 e. The number of benzene rings is 1. The van der Waals surface area contributed by atoms with E-state index >= 15 is 0 Å². The van der Waals surface area contributed by atoms with E-state index in [1.165, 1.54) is 14.2 Å². The quantitative estimate of drug-likeness (QED) is 0.754. The van der Waals surface area contributed by atoms with Crippen LogP contribution in [0.3, 0.4) is 0 Å². The molecule has 5 nitrogen and oxygen atoms in total. The lowest BCUT2D eigenvalue weighted by Gasteiger charge is -2.13. The molecule has 1 aromatic carbocycles. The van der Waals surface area contributed by atoms with E-state index < -0.39 is 9.84 Å². The number of amides is 1. The van der Waals surface area contributed by atoms with Crippen LogP contribution in [0.2, 0.25) is 0 Å². The minimum absolute atomic E-state index is 0.0967. The molecule has 0 fully saturated rings. The normalized spacial score (nSPS) is 11.3. The van der Waals surface area contributed by atoms with Crippen molar-refractivity contribution in [1.82, 2.24) is 5.06 Å². The van der Waals surface area contributed by atoms with E-state index in [-0.39, 0.29) is 23.0 Å². The van der Waals surface area contributed by atoms with Gasteiger partial charge in [-0.25, -0.2) is 13.5 Å². The van der Waals surface area contributed by atoms with E-state index in [1.54, 1.807) is 24.3 Å². The van der Waals surface area contributed by atoms with Crippen molar-refractivity contribution >= 4 is 15.7 Å². The lowest BCUT2D eigenvalue weighted by Crippen LogP contribution is -2.27. The number of aryl methyl sites for hydroxylation is 1. The second-order valence-corrected chi connectivity index (χ2v) is 6.06. The summed E-state index contributed by atoms with van der Waals surface area (Å²) in [5.41, 5.74) is 0.990. The van der Waals surface area contributed by atoms with Gasteiger partial charge in [0.25, 0.3) is 0 Å². The summed E-state index contributed by atoms with van der Waals surface area (Å²) in [5.74, 6) is -0.587. The molecule has 0 N–H and O–H groups in total. The number of hydrogen-bond acceptors (Lipinski definition) is 4. The van der Waals surface area contributed by atoms with Crippen LogP contribution in [0.5, 0.6) is 0 Å². The number of rotatable bonds is 5. The molecule has 6 heteroatoms. The topological polar surface area (TPSA) is 63.7 Å². The first-order valence-electron chi connectivity index (χ1n) is 5.47. The maximum Gasteiger partial charge on any atom is 0.246 e. The molecule has 1 aromatic rings. The average molecular weight is 271 g/mol. The molecule has 0 bridgehead atoms. The van der Waals surface area contributed by atoms with Crippen molar-refractivity contribution in [3.8, 4) is 0 Å². The number of hydroxylamine groups is 2. The van der Waals surface area contributed by atoms with Crippen LogP contribution in [0.1, 0.15) is 12.0 Å². The molecule has 100 valence electrons. The number of hydrogen-bond donors (Lipinski definition) is 0. The third kappa shape index (κ3) is 3.82. The fourth-order valence-electron chi connectivity index (χ4n) is 1.34. The van der Waals surface area contributed by atoms with E-state index in [0.29, 0.717) is 0 Å². The van der Waals surface area contributed by atoms with Crippen molar-refractivity contribution in [1.29, 1.82) is 0 Å². The van der Waals surface area contributed by atoms with Crippen LogP contribution in [0.15, 0.2) is 29.2 Å². The maximum absolute atomic E-state index is 11.9. The minimum Gasteiger partial charge on any atom is -0.275 e. The Morgan fingerprint density at radius 3 is 2.33 bits per heavy atom. The number of sulfone groups is 1. The Kier molecular flexibility index (Phi) is 4.86. The molecule has 18 heavy (non-hydrogen) atoms. The van der Waals surface area contributed by atoms with Gasteiger partial charge >= 0.3 is 0 Å². The molecule has 0 aliphatic carbocycles. The van der Waals surface area contributed by atoms with E-state index in [1.807, 2.05) is 6.92 Å². The molecular weight excluding hydrogens is 254 g/mol. The first-order valence-corrected chi connectivity index (χ1v) is 7.12. The third-order valence-corrected chi connectivity index (χ3v) is 4.32. The van der Waals surface area contributed by atoms with Crippen molar-refractivity contribution in [2.24, 2.45) is 0 Å². The summed E-state index contributed by atoms with van der Waals surface area (Å²) in [7, 11) is -0.618. The molecule has 1 rings (SSSR count). The van der Waals surface area contributed by atoms with Crippen LogP contribution in [-0.2, 0) is 19.5 Å². The van der Waals surface area contributed by atoms with Crippen LogP contribution in [0.25, 0.3) is 0 Å². The molecular formula is C12H17NO4S. The second kappa shape index (κ2) is 5.97. The average Bonchev–Trinajstić information content (AvgIpc) is 2.35. The molecule has 0 saturated heterocycles. The summed E-state index contributed by atoms with van der Waals surface area (Å²) >= 11 is 0. The van der Waals surface area contributed by atoms with E-state index in [0.717, 1.165) is 10.6 Å². The molecule has 0 spiro atoms. The van der Waals surface area contributed by atoms with Crippen LogP contribution in [0, 0.1) is 6.92 Å². The fourth-order valence-corrected chi connectivity index (χ4v) is 2.57. The zero-order chi connectivity index (χ0) is 13.8. The standard InChI is InChI=1S/C12H17NO4S/c1-10-4-6-11(7-5-10)18(15,16)9-8-12(14)13(2)17-3/h4-7H,8-9H2,1-3H3. The van der Waals surface area contributed by atoms with Gasteiger partial charge in [0.1, 0.15) is 0 Å². The lowest BCUT2D eigenvalue weighted by molar-refractivity contribution is -0.168. The molecule has 0 saturated carbocycles. The van der Waals surface area contributed by atoms with E-state index in [9.17, 15) is 13.2 Å². The van der Waals surface area contributed by atoms with Gasteiger partial charge in [-0.3, -0.25) is 9.63 Å². The van der Waals surface area contributed by atoms with Gasteiger partial charge < -0.3 is 0 Å². The van der Waals surface area contributed by atoms with Gasteiger partial charge in [-0.2, -0.15) is 0 Å². The number of carbonyl (C=O) groups excluding carboxylic acids is 1. The van der Waals surface area contributed by atoms with Gasteiger partial charge in [-0.1, -0.05) is 17.7 Å². The van der Waals surface area contributed by atoms with Crippen LogP contribution >= 0.6 is 0 Å². The Morgan fingerprint density at radius 1 is 1.28 bits per heavy atom. The predicted octanol–water partition coefficient (Wildman–Crippen LogP) is 1.18. The Morgan fingerprint density at radius 2 is 1.83 bits per heavy atom. The summed E-state index contributed by atoms with van der Waals surface area (Å²) in [6.45, 7) is 1.88. The van der Waals surface area contributed by atoms with Crippen molar-refractivity contribution in [2.45, 2.75) is 18.2 Å². The predicted molar refractivity (Wildman–Crippen MR) is 67.6 cm³/mol. The highest BCUT2D eigenvalue weighted by molar-refractivity contribution is 7.91. The van der Waals surface area contributed by atoms with Crippen LogP contribution in [0.4, 0.5) is 0 Å². The SMILES string of the molecule is CON(C)C(=O)CCS(=O)(=O)c1ccc(C)cc1. The van der Waals surface area contributed by atoms with Gasteiger partial charge in [-0.05, 0) is 19.1 Å². The smallest absolute Gasteiger partial charge is 0.246 e. The third-order valence-electron chi connectivity index (χ3n) is 2.59. The first kappa shape index (κ1) is 14.7. The van der Waals surface area contributed by atoms with E-state index in [2.05, 4.69) is 4.84 Å². The monoisotopic (exact) mass is 271 g/mol. The molecule has 0 unspecified atom stereocenters. The summed E-state index contributed by atoms with van der Waals surface area (Å²) in [6, 6.07) is 6.57. The van der Waals surface area contributed by atoms with E-state index in [4.69, 9.17) is 0 Å². The van der Waals surface area contributed by atoms with Crippen LogP contribution in [-0.4, -0.2) is 39.3 Å². The Bertz CT molecular complexity index is 507. The van der Waals surface area contributed by atoms with Gasteiger partial charge in [0.05, 0.1) is 17.8 Å². The number of carbonyl (C=O) groups is 1. The van der Waals surface area contributed by atoms with Gasteiger partial charge in [0.2, 0.25) is 5.91 Å².